The van der Waals surface area contributed by atoms with Crippen LogP contribution in [0.25, 0.3) is 11.3 Å². The van der Waals surface area contributed by atoms with Crippen LogP contribution in [-0.2, 0) is 13.0 Å². The van der Waals surface area contributed by atoms with Crippen molar-refractivity contribution in [2.24, 2.45) is 0 Å². The molecule has 5 heteroatoms. The summed E-state index contributed by atoms with van der Waals surface area (Å²) in [5.41, 5.74) is 4.06. The third-order valence-electron chi connectivity index (χ3n) is 3.66. The van der Waals surface area contributed by atoms with Gasteiger partial charge in [-0.15, -0.1) is 12.4 Å². The van der Waals surface area contributed by atoms with Gasteiger partial charge in [-0.3, -0.25) is 0 Å². The molecular formula is C19H21ClN2O2. The van der Waals surface area contributed by atoms with E-state index >= 15 is 0 Å². The van der Waals surface area contributed by atoms with Gasteiger partial charge >= 0.3 is 0 Å². The monoisotopic (exact) mass is 344 g/mol. The van der Waals surface area contributed by atoms with Crippen LogP contribution in [0.3, 0.4) is 0 Å². The molecule has 1 atom stereocenters. The summed E-state index contributed by atoms with van der Waals surface area (Å²) in [5, 5.41) is 19.0. The van der Waals surface area contributed by atoms with Gasteiger partial charge in [-0.1, -0.05) is 30.3 Å². The molecule has 0 saturated carbocycles. The summed E-state index contributed by atoms with van der Waals surface area (Å²) in [7, 11) is 0. The molecule has 0 saturated heterocycles. The first-order valence-corrected chi connectivity index (χ1v) is 7.67. The number of benzene rings is 2. The van der Waals surface area contributed by atoms with Gasteiger partial charge in [0.25, 0.3) is 0 Å². The Morgan fingerprint density at radius 1 is 1.08 bits per heavy atom. The Balaban J connectivity index is 0.00000208. The zero-order valence-corrected chi connectivity index (χ0v) is 14.3. The molecule has 126 valence electrons. The van der Waals surface area contributed by atoms with Crippen LogP contribution < -0.4 is 0 Å². The maximum Gasteiger partial charge on any atom is 0.115 e. The molecule has 3 aromatic rings. The van der Waals surface area contributed by atoms with Gasteiger partial charge in [-0.05, 0) is 42.7 Å². The van der Waals surface area contributed by atoms with Crippen molar-refractivity contribution in [1.82, 2.24) is 9.55 Å². The summed E-state index contributed by atoms with van der Waals surface area (Å²) in [4.78, 5) is 4.46. The number of hydrogen-bond donors (Lipinski definition) is 2. The van der Waals surface area contributed by atoms with Crippen LogP contribution >= 0.6 is 12.4 Å². The van der Waals surface area contributed by atoms with E-state index in [9.17, 15) is 10.2 Å². The van der Waals surface area contributed by atoms with Crippen molar-refractivity contribution in [3.8, 4) is 17.0 Å². The third-order valence-corrected chi connectivity index (χ3v) is 3.66. The van der Waals surface area contributed by atoms with E-state index in [1.54, 1.807) is 25.4 Å². The highest BCUT2D eigenvalue weighted by Crippen LogP contribution is 2.20. The highest BCUT2D eigenvalue weighted by Gasteiger charge is 2.06. The van der Waals surface area contributed by atoms with Crippen molar-refractivity contribution < 1.29 is 10.2 Å². The maximum atomic E-state index is 9.53. The Morgan fingerprint density at radius 2 is 1.83 bits per heavy atom. The fourth-order valence-electron chi connectivity index (χ4n) is 2.66. The summed E-state index contributed by atoms with van der Waals surface area (Å²) in [5.74, 6) is 0.272. The smallest absolute Gasteiger partial charge is 0.115 e. The Bertz CT molecular complexity index is 799. The van der Waals surface area contributed by atoms with Crippen LogP contribution in [0, 0.1) is 0 Å². The predicted octanol–water partition coefficient (Wildman–Crippen LogP) is 3.65. The molecule has 0 fully saturated rings. The van der Waals surface area contributed by atoms with E-state index in [-0.39, 0.29) is 24.3 Å². The molecule has 0 aliphatic rings. The van der Waals surface area contributed by atoms with Gasteiger partial charge in [0.15, 0.2) is 0 Å². The molecule has 1 aromatic heterocycles. The summed E-state index contributed by atoms with van der Waals surface area (Å²) in [6, 6.07) is 15.3. The normalized spacial score (nSPS) is 11.8. The topological polar surface area (TPSA) is 58.3 Å². The number of phenolic OH excluding ortho intramolecular Hbond substituents is 1. The SMILES string of the molecule is CC(O)Cc1cccc(-c2cn(Cc3cccc(O)c3)cn2)c1.Cl. The minimum absolute atomic E-state index is 0. The van der Waals surface area contributed by atoms with Gasteiger partial charge in [0.1, 0.15) is 5.75 Å². The van der Waals surface area contributed by atoms with Gasteiger partial charge in [-0.25, -0.2) is 4.98 Å². The molecular weight excluding hydrogens is 324 g/mol. The first-order valence-electron chi connectivity index (χ1n) is 7.67. The van der Waals surface area contributed by atoms with Crippen molar-refractivity contribution in [1.29, 1.82) is 0 Å². The molecule has 1 unspecified atom stereocenters. The lowest BCUT2D eigenvalue weighted by Gasteiger charge is -2.06. The highest BCUT2D eigenvalue weighted by atomic mass is 35.5. The molecule has 4 nitrogen and oxygen atoms in total. The van der Waals surface area contributed by atoms with Gasteiger partial charge in [0.2, 0.25) is 0 Å². The molecule has 0 aliphatic carbocycles. The van der Waals surface area contributed by atoms with Gasteiger partial charge in [0.05, 0.1) is 18.1 Å². The van der Waals surface area contributed by atoms with E-state index in [4.69, 9.17) is 0 Å². The van der Waals surface area contributed by atoms with Crippen LogP contribution in [0.4, 0.5) is 0 Å². The minimum atomic E-state index is -0.353. The number of rotatable bonds is 5. The average molecular weight is 345 g/mol. The zero-order valence-electron chi connectivity index (χ0n) is 13.5. The molecule has 24 heavy (non-hydrogen) atoms. The van der Waals surface area contributed by atoms with E-state index in [0.29, 0.717) is 13.0 Å². The first-order chi connectivity index (χ1) is 11.1. The quantitative estimate of drug-likeness (QED) is 0.742. The molecule has 0 spiro atoms. The number of aliphatic hydroxyl groups is 1. The van der Waals surface area contributed by atoms with Gasteiger partial charge in [0, 0.05) is 18.3 Å². The number of nitrogens with zero attached hydrogens (tertiary/aromatic N) is 2. The Labute approximate surface area is 147 Å². The van der Waals surface area contributed by atoms with Crippen molar-refractivity contribution in [2.75, 3.05) is 0 Å². The van der Waals surface area contributed by atoms with E-state index in [0.717, 1.165) is 22.4 Å². The fraction of sp³-hybridized carbons (Fsp3) is 0.211. The van der Waals surface area contributed by atoms with Gasteiger partial charge in [-0.2, -0.15) is 0 Å². The van der Waals surface area contributed by atoms with Crippen molar-refractivity contribution in [2.45, 2.75) is 26.0 Å². The lowest BCUT2D eigenvalue weighted by Crippen LogP contribution is -2.03. The Morgan fingerprint density at radius 3 is 2.58 bits per heavy atom. The highest BCUT2D eigenvalue weighted by molar-refractivity contribution is 5.85. The fourth-order valence-corrected chi connectivity index (χ4v) is 2.66. The number of halogens is 1. The summed E-state index contributed by atoms with van der Waals surface area (Å²) in [6.07, 6.45) is 4.07. The molecule has 3 rings (SSSR count). The summed E-state index contributed by atoms with van der Waals surface area (Å²) < 4.78 is 1.99. The minimum Gasteiger partial charge on any atom is -0.508 e. The van der Waals surface area contributed by atoms with Crippen LogP contribution in [-0.4, -0.2) is 25.9 Å². The van der Waals surface area contributed by atoms with Crippen LogP contribution in [0.15, 0.2) is 61.1 Å². The summed E-state index contributed by atoms with van der Waals surface area (Å²) >= 11 is 0. The lowest BCUT2D eigenvalue weighted by atomic mass is 10.0. The molecule has 0 amide bonds. The number of phenols is 1. The molecule has 2 N–H and O–H groups in total. The van der Waals surface area contributed by atoms with E-state index in [1.165, 1.54) is 0 Å². The van der Waals surface area contributed by atoms with E-state index < -0.39 is 0 Å². The Hall–Kier alpha value is -2.30. The zero-order chi connectivity index (χ0) is 16.2. The van der Waals surface area contributed by atoms with Crippen molar-refractivity contribution in [3.63, 3.8) is 0 Å². The van der Waals surface area contributed by atoms with Gasteiger partial charge < -0.3 is 14.8 Å². The van der Waals surface area contributed by atoms with E-state index in [1.807, 2.05) is 41.1 Å². The first kappa shape index (κ1) is 18.0. The second-order valence-electron chi connectivity index (χ2n) is 5.85. The molecule has 0 bridgehead atoms. The maximum absolute atomic E-state index is 9.53. The van der Waals surface area contributed by atoms with Crippen molar-refractivity contribution >= 4 is 12.4 Å². The second kappa shape index (κ2) is 7.99. The van der Waals surface area contributed by atoms with Crippen LogP contribution in [0.5, 0.6) is 5.75 Å². The summed E-state index contributed by atoms with van der Waals surface area (Å²) in [6.45, 7) is 2.45. The number of imidazole rings is 1. The predicted molar refractivity (Wildman–Crippen MR) is 97.5 cm³/mol. The standard InChI is InChI=1S/C19H20N2O2.ClH/c1-14(22)8-15-4-2-6-17(9-15)19-12-21(13-20-19)11-16-5-3-7-18(23)10-16;/h2-7,9-10,12-14,22-23H,8,11H2,1H3;1H. The average Bonchev–Trinajstić information content (AvgIpc) is 2.95. The van der Waals surface area contributed by atoms with Crippen LogP contribution in [0.1, 0.15) is 18.1 Å². The molecule has 0 radical (unpaired) electrons. The molecule has 2 aromatic carbocycles. The van der Waals surface area contributed by atoms with Crippen LogP contribution in [0.2, 0.25) is 0 Å². The molecule has 1 heterocycles. The van der Waals surface area contributed by atoms with E-state index in [2.05, 4.69) is 11.1 Å². The number of hydrogen-bond acceptors (Lipinski definition) is 3. The largest absolute Gasteiger partial charge is 0.508 e. The third kappa shape index (κ3) is 4.60. The Kier molecular flexibility index (Phi) is 6.01. The lowest BCUT2D eigenvalue weighted by molar-refractivity contribution is 0.195. The second-order valence-corrected chi connectivity index (χ2v) is 5.85. The number of aromatic hydroxyl groups is 1. The van der Waals surface area contributed by atoms with Crippen molar-refractivity contribution in [3.05, 3.63) is 72.2 Å². The molecule has 0 aliphatic heterocycles. The number of aliphatic hydroxyl groups excluding tert-OH is 1. The number of aromatic nitrogens is 2.